The van der Waals surface area contributed by atoms with E-state index in [1.165, 1.54) is 51.4 Å². The van der Waals surface area contributed by atoms with Crippen LogP contribution in [0.25, 0.3) is 0 Å². The van der Waals surface area contributed by atoms with Crippen LogP contribution >= 0.6 is 0 Å². The van der Waals surface area contributed by atoms with Gasteiger partial charge >= 0.3 is 5.97 Å². The fraction of sp³-hybridized carbons (Fsp3) is 0.889. The second-order valence-corrected chi connectivity index (χ2v) is 6.98. The molecule has 4 heteroatoms. The number of ether oxygens (including phenoxy) is 2. The molecular weight excluding hydrogens is 278 g/mol. The fourth-order valence-electron chi connectivity index (χ4n) is 4.24. The van der Waals surface area contributed by atoms with Crippen molar-refractivity contribution in [2.45, 2.75) is 83.3 Å². The summed E-state index contributed by atoms with van der Waals surface area (Å²) in [5, 5.41) is 0. The highest BCUT2D eigenvalue weighted by Crippen LogP contribution is 2.36. The van der Waals surface area contributed by atoms with Crippen LogP contribution in [0.15, 0.2) is 4.99 Å². The minimum atomic E-state index is -0.486. The molecule has 22 heavy (non-hydrogen) atoms. The summed E-state index contributed by atoms with van der Waals surface area (Å²) in [6.45, 7) is 2.26. The minimum Gasteiger partial charge on any atom is -0.463 e. The molecule has 0 bridgehead atoms. The Labute approximate surface area is 133 Å². The molecule has 3 rings (SSSR count). The molecule has 0 unspecified atom stereocenters. The van der Waals surface area contributed by atoms with E-state index in [0.717, 1.165) is 18.7 Å². The molecule has 0 aromatic carbocycles. The number of carbonyl (C=O) groups excluding carboxylic acids is 1. The molecule has 0 N–H and O–H groups in total. The van der Waals surface area contributed by atoms with Crippen LogP contribution in [0.5, 0.6) is 0 Å². The molecule has 0 radical (unpaired) electrons. The molecule has 124 valence electrons. The Bertz CT molecular complexity index is 409. The first-order chi connectivity index (χ1) is 10.8. The van der Waals surface area contributed by atoms with Gasteiger partial charge in [0.2, 0.25) is 6.10 Å². The number of nitrogens with zero attached hydrogens (tertiary/aromatic N) is 1. The van der Waals surface area contributed by atoms with Crippen LogP contribution in [0.1, 0.15) is 71.1 Å². The van der Waals surface area contributed by atoms with E-state index >= 15 is 0 Å². The van der Waals surface area contributed by atoms with Gasteiger partial charge in [0.1, 0.15) is 6.04 Å². The van der Waals surface area contributed by atoms with Crippen molar-refractivity contribution < 1.29 is 14.3 Å². The van der Waals surface area contributed by atoms with Crippen molar-refractivity contribution in [1.29, 1.82) is 0 Å². The minimum absolute atomic E-state index is 0.00345. The third kappa shape index (κ3) is 3.47. The van der Waals surface area contributed by atoms with Gasteiger partial charge < -0.3 is 9.47 Å². The zero-order valence-electron chi connectivity index (χ0n) is 13.8. The standard InChI is InChI=1S/C18H29NO3/c1-2-21-18(20)16-15(13-9-5-3-6-10-13)19-17(22-16)14-11-7-4-8-12-14/h13-16H,2-12H2,1H3/t15-,16+/m0/s1. The summed E-state index contributed by atoms with van der Waals surface area (Å²) in [5.41, 5.74) is 0. The lowest BCUT2D eigenvalue weighted by Crippen LogP contribution is -2.38. The average molecular weight is 307 g/mol. The zero-order chi connectivity index (χ0) is 15.4. The molecular formula is C18H29NO3. The monoisotopic (exact) mass is 307 g/mol. The van der Waals surface area contributed by atoms with E-state index in [9.17, 15) is 4.79 Å². The maximum Gasteiger partial charge on any atom is 0.349 e. The lowest BCUT2D eigenvalue weighted by molar-refractivity contribution is -0.152. The van der Waals surface area contributed by atoms with Gasteiger partial charge in [0, 0.05) is 5.92 Å². The van der Waals surface area contributed by atoms with Crippen molar-refractivity contribution in [3.8, 4) is 0 Å². The van der Waals surface area contributed by atoms with Crippen molar-refractivity contribution in [2.75, 3.05) is 6.61 Å². The number of hydrogen-bond acceptors (Lipinski definition) is 4. The molecule has 4 nitrogen and oxygen atoms in total. The lowest BCUT2D eigenvalue weighted by atomic mass is 9.82. The average Bonchev–Trinajstić information content (AvgIpc) is 3.02. The molecule has 2 saturated carbocycles. The first-order valence-corrected chi connectivity index (χ1v) is 9.20. The van der Waals surface area contributed by atoms with Crippen LogP contribution in [-0.4, -0.2) is 30.6 Å². The summed E-state index contributed by atoms with van der Waals surface area (Å²) in [7, 11) is 0. The number of aliphatic imine (C=N–C) groups is 1. The smallest absolute Gasteiger partial charge is 0.349 e. The summed E-state index contributed by atoms with van der Waals surface area (Å²) in [6, 6.07) is -0.00345. The molecule has 3 aliphatic rings. The molecule has 1 heterocycles. The maximum atomic E-state index is 12.3. The summed E-state index contributed by atoms with van der Waals surface area (Å²) in [4.78, 5) is 17.2. The summed E-state index contributed by atoms with van der Waals surface area (Å²) in [6.07, 6.45) is 11.8. The maximum absolute atomic E-state index is 12.3. The van der Waals surface area contributed by atoms with E-state index < -0.39 is 6.10 Å². The SMILES string of the molecule is CCOC(=O)[C@@H]1OC(C2CCCCC2)=N[C@H]1C1CCCCC1. The van der Waals surface area contributed by atoms with Crippen LogP contribution in [0.4, 0.5) is 0 Å². The van der Waals surface area contributed by atoms with Crippen molar-refractivity contribution in [3.05, 3.63) is 0 Å². The van der Waals surface area contributed by atoms with Crippen molar-refractivity contribution in [1.82, 2.24) is 0 Å². The van der Waals surface area contributed by atoms with Gasteiger partial charge in [0.25, 0.3) is 0 Å². The topological polar surface area (TPSA) is 47.9 Å². The molecule has 2 fully saturated rings. The second-order valence-electron chi connectivity index (χ2n) is 6.98. The third-order valence-electron chi connectivity index (χ3n) is 5.44. The Morgan fingerprint density at radius 2 is 1.73 bits per heavy atom. The summed E-state index contributed by atoms with van der Waals surface area (Å²) < 4.78 is 11.3. The first kappa shape index (κ1) is 15.8. The molecule has 2 aliphatic carbocycles. The lowest BCUT2D eigenvalue weighted by Gasteiger charge is -2.27. The van der Waals surface area contributed by atoms with Crippen LogP contribution in [-0.2, 0) is 14.3 Å². The van der Waals surface area contributed by atoms with E-state index in [-0.39, 0.29) is 12.0 Å². The quantitative estimate of drug-likeness (QED) is 0.741. The molecule has 0 spiro atoms. The first-order valence-electron chi connectivity index (χ1n) is 9.20. The van der Waals surface area contributed by atoms with Crippen molar-refractivity contribution in [3.63, 3.8) is 0 Å². The van der Waals surface area contributed by atoms with Gasteiger partial charge in [-0.2, -0.15) is 0 Å². The molecule has 0 aromatic heterocycles. The predicted octanol–water partition coefficient (Wildman–Crippen LogP) is 3.88. The highest BCUT2D eigenvalue weighted by atomic mass is 16.6. The van der Waals surface area contributed by atoms with Gasteiger partial charge in [-0.05, 0) is 38.5 Å². The van der Waals surface area contributed by atoms with Crippen LogP contribution in [0.2, 0.25) is 0 Å². The number of rotatable bonds is 4. The second kappa shape index (κ2) is 7.47. The van der Waals surface area contributed by atoms with Gasteiger partial charge in [-0.3, -0.25) is 0 Å². The molecule has 1 aliphatic heterocycles. The number of esters is 1. The van der Waals surface area contributed by atoms with Crippen LogP contribution < -0.4 is 0 Å². The van der Waals surface area contributed by atoms with Crippen LogP contribution in [0, 0.1) is 11.8 Å². The largest absolute Gasteiger partial charge is 0.463 e. The zero-order valence-corrected chi connectivity index (χ0v) is 13.8. The third-order valence-corrected chi connectivity index (χ3v) is 5.44. The van der Waals surface area contributed by atoms with Gasteiger partial charge in [-0.1, -0.05) is 38.5 Å². The summed E-state index contributed by atoms with van der Waals surface area (Å²) >= 11 is 0. The van der Waals surface area contributed by atoms with Gasteiger partial charge in [-0.25, -0.2) is 9.79 Å². The predicted molar refractivity (Wildman–Crippen MR) is 85.9 cm³/mol. The van der Waals surface area contributed by atoms with Gasteiger partial charge in [0.05, 0.1) is 6.61 Å². The van der Waals surface area contributed by atoms with E-state index in [2.05, 4.69) is 0 Å². The fourth-order valence-corrected chi connectivity index (χ4v) is 4.24. The summed E-state index contributed by atoms with van der Waals surface area (Å²) in [5.74, 6) is 1.56. The van der Waals surface area contributed by atoms with Crippen molar-refractivity contribution in [2.24, 2.45) is 16.8 Å². The number of hydrogen-bond donors (Lipinski definition) is 0. The van der Waals surface area contributed by atoms with Gasteiger partial charge in [0.15, 0.2) is 5.90 Å². The Kier molecular flexibility index (Phi) is 5.37. The molecule has 0 aromatic rings. The van der Waals surface area contributed by atoms with E-state index in [1.807, 2.05) is 6.92 Å². The normalized spacial score (nSPS) is 30.7. The Hall–Kier alpha value is -1.06. The Balaban J connectivity index is 1.73. The van der Waals surface area contributed by atoms with Gasteiger partial charge in [-0.15, -0.1) is 0 Å². The Morgan fingerprint density at radius 1 is 1.09 bits per heavy atom. The number of carbonyl (C=O) groups is 1. The highest BCUT2D eigenvalue weighted by molar-refractivity contribution is 5.87. The van der Waals surface area contributed by atoms with E-state index in [1.54, 1.807) is 0 Å². The highest BCUT2D eigenvalue weighted by Gasteiger charge is 2.44. The Morgan fingerprint density at radius 3 is 2.36 bits per heavy atom. The molecule has 0 amide bonds. The van der Waals surface area contributed by atoms with Crippen molar-refractivity contribution >= 4 is 11.9 Å². The van der Waals surface area contributed by atoms with E-state index in [4.69, 9.17) is 14.5 Å². The van der Waals surface area contributed by atoms with E-state index in [0.29, 0.717) is 18.4 Å². The molecule has 2 atom stereocenters. The van der Waals surface area contributed by atoms with Crippen LogP contribution in [0.3, 0.4) is 0 Å². The molecule has 0 saturated heterocycles.